The van der Waals surface area contributed by atoms with Crippen molar-refractivity contribution >= 4 is 0 Å². The minimum atomic E-state index is 0. The first-order valence-corrected chi connectivity index (χ1v) is 5.21. The Bertz CT molecular complexity index is 115. The lowest BCUT2D eigenvalue weighted by Crippen LogP contribution is -2.34. The smallest absolute Gasteiger partial charge is 0.00952 e. The molecule has 0 atom stereocenters. The Hall–Kier alpha value is -0.0800. The summed E-state index contributed by atoms with van der Waals surface area (Å²) in [6.45, 7) is 2.79. The third kappa shape index (κ3) is 2.20. The summed E-state index contributed by atoms with van der Waals surface area (Å²) in [6.07, 6.45) is 10.3. The molecule has 1 aliphatic heterocycles. The highest BCUT2D eigenvalue weighted by Crippen LogP contribution is 2.25. The SMILES string of the molecule is C1CCC(N2CCCC2)CC1.O. The summed E-state index contributed by atoms with van der Waals surface area (Å²) < 4.78 is 0. The van der Waals surface area contributed by atoms with Gasteiger partial charge in [-0.25, -0.2) is 0 Å². The van der Waals surface area contributed by atoms with Crippen molar-refractivity contribution in [1.29, 1.82) is 0 Å². The minimum absolute atomic E-state index is 0. The summed E-state index contributed by atoms with van der Waals surface area (Å²) in [6, 6.07) is 0.978. The summed E-state index contributed by atoms with van der Waals surface area (Å²) >= 11 is 0. The fourth-order valence-electron chi connectivity index (χ4n) is 2.55. The van der Waals surface area contributed by atoms with Gasteiger partial charge >= 0.3 is 0 Å². The van der Waals surface area contributed by atoms with E-state index < -0.39 is 0 Å². The monoisotopic (exact) mass is 171 g/mol. The standard InChI is InChI=1S/C10H19N.H2O/c1-2-6-10(7-3-1)11-8-4-5-9-11;/h10H,1-9H2;1H2. The first-order chi connectivity index (χ1) is 5.47. The van der Waals surface area contributed by atoms with E-state index in [0.29, 0.717) is 0 Å². The van der Waals surface area contributed by atoms with Gasteiger partial charge in [0.15, 0.2) is 0 Å². The van der Waals surface area contributed by atoms with Crippen LogP contribution in [0.5, 0.6) is 0 Å². The van der Waals surface area contributed by atoms with Gasteiger partial charge in [0.05, 0.1) is 0 Å². The topological polar surface area (TPSA) is 34.7 Å². The predicted molar refractivity (Wildman–Crippen MR) is 51.3 cm³/mol. The number of hydrogen-bond acceptors (Lipinski definition) is 1. The van der Waals surface area contributed by atoms with Gasteiger partial charge in [0.1, 0.15) is 0 Å². The van der Waals surface area contributed by atoms with Crippen LogP contribution in [0, 0.1) is 0 Å². The van der Waals surface area contributed by atoms with Crippen molar-refractivity contribution in [3.8, 4) is 0 Å². The van der Waals surface area contributed by atoms with Crippen molar-refractivity contribution < 1.29 is 5.48 Å². The van der Waals surface area contributed by atoms with Crippen LogP contribution in [0.25, 0.3) is 0 Å². The molecule has 0 radical (unpaired) electrons. The number of likely N-dealkylation sites (tertiary alicyclic amines) is 1. The van der Waals surface area contributed by atoms with E-state index in [1.54, 1.807) is 0 Å². The van der Waals surface area contributed by atoms with Gasteiger partial charge in [-0.05, 0) is 38.8 Å². The van der Waals surface area contributed by atoms with Crippen molar-refractivity contribution in [3.63, 3.8) is 0 Å². The summed E-state index contributed by atoms with van der Waals surface area (Å²) in [4.78, 5) is 2.72. The van der Waals surface area contributed by atoms with Crippen LogP contribution < -0.4 is 0 Å². The zero-order chi connectivity index (χ0) is 7.52. The molecular weight excluding hydrogens is 150 g/mol. The quantitative estimate of drug-likeness (QED) is 0.590. The Balaban J connectivity index is 0.000000720. The molecule has 2 aliphatic rings. The molecule has 2 N–H and O–H groups in total. The average molecular weight is 171 g/mol. The lowest BCUT2D eigenvalue weighted by molar-refractivity contribution is 0.191. The van der Waals surface area contributed by atoms with Crippen molar-refractivity contribution in [1.82, 2.24) is 4.90 Å². The zero-order valence-electron chi connectivity index (χ0n) is 7.89. The fourth-order valence-corrected chi connectivity index (χ4v) is 2.55. The molecule has 0 amide bonds. The fraction of sp³-hybridized carbons (Fsp3) is 1.00. The summed E-state index contributed by atoms with van der Waals surface area (Å²) in [5.74, 6) is 0. The zero-order valence-corrected chi connectivity index (χ0v) is 7.89. The molecule has 1 saturated heterocycles. The van der Waals surface area contributed by atoms with Gasteiger partial charge in [0.25, 0.3) is 0 Å². The van der Waals surface area contributed by atoms with E-state index in [9.17, 15) is 0 Å². The van der Waals surface area contributed by atoms with E-state index in [2.05, 4.69) is 4.90 Å². The van der Waals surface area contributed by atoms with Crippen LogP contribution in [0.1, 0.15) is 44.9 Å². The van der Waals surface area contributed by atoms with Crippen LogP contribution >= 0.6 is 0 Å². The molecule has 0 aromatic carbocycles. The molecule has 2 rings (SSSR count). The van der Waals surface area contributed by atoms with Crippen molar-refractivity contribution in [2.24, 2.45) is 0 Å². The Morgan fingerprint density at radius 1 is 0.750 bits per heavy atom. The molecule has 72 valence electrons. The van der Waals surface area contributed by atoms with Crippen LogP contribution in [0.15, 0.2) is 0 Å². The van der Waals surface area contributed by atoms with E-state index >= 15 is 0 Å². The van der Waals surface area contributed by atoms with Gasteiger partial charge in [0, 0.05) is 6.04 Å². The largest absolute Gasteiger partial charge is 0.412 e. The minimum Gasteiger partial charge on any atom is -0.412 e. The molecule has 0 aromatic rings. The molecule has 1 heterocycles. The summed E-state index contributed by atoms with van der Waals surface area (Å²) in [7, 11) is 0. The maximum atomic E-state index is 2.72. The number of hydrogen-bond donors (Lipinski definition) is 0. The first-order valence-electron chi connectivity index (χ1n) is 5.21. The molecule has 2 nitrogen and oxygen atoms in total. The molecule has 0 aromatic heterocycles. The van der Waals surface area contributed by atoms with E-state index in [1.165, 1.54) is 58.0 Å². The van der Waals surface area contributed by atoms with E-state index in [-0.39, 0.29) is 5.48 Å². The Morgan fingerprint density at radius 3 is 1.92 bits per heavy atom. The van der Waals surface area contributed by atoms with Gasteiger partial charge < -0.3 is 10.4 Å². The summed E-state index contributed by atoms with van der Waals surface area (Å²) in [5.41, 5.74) is 0. The van der Waals surface area contributed by atoms with E-state index in [0.717, 1.165) is 6.04 Å². The molecule has 1 aliphatic carbocycles. The van der Waals surface area contributed by atoms with Gasteiger partial charge in [-0.2, -0.15) is 0 Å². The molecule has 0 unspecified atom stereocenters. The second-order valence-corrected chi connectivity index (χ2v) is 4.03. The van der Waals surface area contributed by atoms with Gasteiger partial charge in [-0.3, -0.25) is 0 Å². The van der Waals surface area contributed by atoms with Crippen LogP contribution in [-0.2, 0) is 0 Å². The van der Waals surface area contributed by atoms with Crippen molar-refractivity contribution in [2.45, 2.75) is 51.0 Å². The third-order valence-corrected chi connectivity index (χ3v) is 3.23. The first kappa shape index (κ1) is 10.0. The van der Waals surface area contributed by atoms with Crippen molar-refractivity contribution in [2.75, 3.05) is 13.1 Å². The van der Waals surface area contributed by atoms with Crippen LogP contribution in [0.2, 0.25) is 0 Å². The lowest BCUT2D eigenvalue weighted by atomic mass is 9.94. The summed E-state index contributed by atoms with van der Waals surface area (Å²) in [5, 5.41) is 0. The number of nitrogens with zero attached hydrogens (tertiary/aromatic N) is 1. The molecule has 0 bridgehead atoms. The Morgan fingerprint density at radius 2 is 1.33 bits per heavy atom. The second kappa shape index (κ2) is 4.83. The highest BCUT2D eigenvalue weighted by atomic mass is 16.0. The Labute approximate surface area is 75.3 Å². The highest BCUT2D eigenvalue weighted by Gasteiger charge is 2.22. The highest BCUT2D eigenvalue weighted by molar-refractivity contribution is 4.78. The molecule has 12 heavy (non-hydrogen) atoms. The molecule has 1 saturated carbocycles. The van der Waals surface area contributed by atoms with Gasteiger partial charge in [-0.15, -0.1) is 0 Å². The second-order valence-electron chi connectivity index (χ2n) is 4.03. The maximum absolute atomic E-state index is 2.72. The van der Waals surface area contributed by atoms with Crippen LogP contribution in [0.3, 0.4) is 0 Å². The predicted octanol–water partition coefficient (Wildman–Crippen LogP) is 1.59. The lowest BCUT2D eigenvalue weighted by Gasteiger charge is -2.30. The molecular formula is C10H21NO. The average Bonchev–Trinajstić information content (AvgIpc) is 2.58. The van der Waals surface area contributed by atoms with E-state index in [1.807, 2.05) is 0 Å². The maximum Gasteiger partial charge on any atom is 0.00952 e. The third-order valence-electron chi connectivity index (χ3n) is 3.23. The van der Waals surface area contributed by atoms with Crippen LogP contribution in [0.4, 0.5) is 0 Å². The van der Waals surface area contributed by atoms with Gasteiger partial charge in [0.2, 0.25) is 0 Å². The molecule has 0 spiro atoms. The van der Waals surface area contributed by atoms with Gasteiger partial charge in [-0.1, -0.05) is 19.3 Å². The Kier molecular flexibility index (Phi) is 4.02. The molecule has 2 heteroatoms. The normalized spacial score (nSPS) is 27.0. The van der Waals surface area contributed by atoms with E-state index in [4.69, 9.17) is 0 Å². The van der Waals surface area contributed by atoms with Crippen LogP contribution in [-0.4, -0.2) is 29.5 Å². The molecule has 2 fully saturated rings. The van der Waals surface area contributed by atoms with Crippen molar-refractivity contribution in [3.05, 3.63) is 0 Å². The number of rotatable bonds is 1.